The van der Waals surface area contributed by atoms with Gasteiger partial charge in [-0.25, -0.2) is 4.68 Å². The maximum atomic E-state index is 11.3. The number of benzene rings is 2. The molecule has 0 aliphatic rings. The SMILES string of the molecule is COc1ccc(-c2nn(-c3ccccc3)c(Br)c2CC(=O)O)cc1. The predicted molar refractivity (Wildman–Crippen MR) is 94.6 cm³/mol. The number of ether oxygens (including phenoxy) is 1. The highest BCUT2D eigenvalue weighted by atomic mass is 79.9. The van der Waals surface area contributed by atoms with Crippen molar-refractivity contribution in [3.05, 3.63) is 64.8 Å². The molecule has 0 aliphatic carbocycles. The molecule has 0 unspecified atom stereocenters. The summed E-state index contributed by atoms with van der Waals surface area (Å²) in [5, 5.41) is 13.9. The van der Waals surface area contributed by atoms with Gasteiger partial charge in [0.25, 0.3) is 0 Å². The molecule has 3 aromatic rings. The third-order valence-electron chi connectivity index (χ3n) is 3.61. The quantitative estimate of drug-likeness (QED) is 0.721. The van der Waals surface area contributed by atoms with Crippen LogP contribution >= 0.6 is 15.9 Å². The number of carboxylic acids is 1. The second-order valence-corrected chi connectivity index (χ2v) is 5.92. The summed E-state index contributed by atoms with van der Waals surface area (Å²) in [6, 6.07) is 17.0. The average Bonchev–Trinajstić information content (AvgIpc) is 2.92. The van der Waals surface area contributed by atoms with Crippen LogP contribution in [0, 0.1) is 0 Å². The van der Waals surface area contributed by atoms with Gasteiger partial charge in [-0.15, -0.1) is 0 Å². The van der Waals surface area contributed by atoms with Gasteiger partial charge in [-0.05, 0) is 52.3 Å². The Hall–Kier alpha value is -2.60. The Labute approximate surface area is 147 Å². The van der Waals surface area contributed by atoms with E-state index >= 15 is 0 Å². The summed E-state index contributed by atoms with van der Waals surface area (Å²) in [7, 11) is 1.60. The molecule has 122 valence electrons. The van der Waals surface area contributed by atoms with Gasteiger partial charge in [-0.1, -0.05) is 18.2 Å². The summed E-state index contributed by atoms with van der Waals surface area (Å²) < 4.78 is 7.52. The molecule has 0 bridgehead atoms. The van der Waals surface area contributed by atoms with Crippen LogP contribution in [0.3, 0.4) is 0 Å². The molecule has 3 rings (SSSR count). The van der Waals surface area contributed by atoms with E-state index in [-0.39, 0.29) is 6.42 Å². The van der Waals surface area contributed by atoms with Crippen LogP contribution in [-0.2, 0) is 11.2 Å². The number of carboxylic acid groups (broad SMARTS) is 1. The molecule has 0 saturated carbocycles. The van der Waals surface area contributed by atoms with Gasteiger partial charge in [0.05, 0.1) is 24.9 Å². The van der Waals surface area contributed by atoms with E-state index in [1.54, 1.807) is 11.8 Å². The predicted octanol–water partition coefficient (Wildman–Crippen LogP) is 3.94. The summed E-state index contributed by atoms with van der Waals surface area (Å²) in [6.45, 7) is 0. The van der Waals surface area contributed by atoms with E-state index in [1.165, 1.54) is 0 Å². The molecule has 0 fully saturated rings. The van der Waals surface area contributed by atoms with Crippen LogP contribution in [-0.4, -0.2) is 28.0 Å². The lowest BCUT2D eigenvalue weighted by molar-refractivity contribution is -0.136. The van der Waals surface area contributed by atoms with Gasteiger partial charge in [-0.2, -0.15) is 5.10 Å². The van der Waals surface area contributed by atoms with Crippen LogP contribution in [0.15, 0.2) is 59.2 Å². The zero-order valence-electron chi connectivity index (χ0n) is 12.9. The molecule has 0 spiro atoms. The molecular weight excluding hydrogens is 372 g/mol. The number of halogens is 1. The Bertz CT molecular complexity index is 858. The molecule has 2 aromatic carbocycles. The number of methoxy groups -OCH3 is 1. The second-order valence-electron chi connectivity index (χ2n) is 5.16. The van der Waals surface area contributed by atoms with Gasteiger partial charge >= 0.3 is 5.97 Å². The highest BCUT2D eigenvalue weighted by molar-refractivity contribution is 9.10. The third-order valence-corrected chi connectivity index (χ3v) is 4.43. The number of hydrogen-bond acceptors (Lipinski definition) is 3. The molecule has 0 amide bonds. The van der Waals surface area contributed by atoms with Crippen LogP contribution in [0.25, 0.3) is 16.9 Å². The minimum absolute atomic E-state index is 0.116. The Balaban J connectivity index is 2.14. The normalized spacial score (nSPS) is 10.6. The van der Waals surface area contributed by atoms with E-state index in [0.717, 1.165) is 17.0 Å². The van der Waals surface area contributed by atoms with E-state index in [9.17, 15) is 9.90 Å². The zero-order valence-corrected chi connectivity index (χ0v) is 14.5. The first-order valence-electron chi connectivity index (χ1n) is 7.29. The minimum Gasteiger partial charge on any atom is -0.497 e. The zero-order chi connectivity index (χ0) is 17.1. The van der Waals surface area contributed by atoms with Crippen molar-refractivity contribution in [2.24, 2.45) is 0 Å². The largest absolute Gasteiger partial charge is 0.497 e. The molecule has 1 heterocycles. The first kappa shape index (κ1) is 16.3. The smallest absolute Gasteiger partial charge is 0.308 e. The number of aliphatic carboxylic acids is 1. The first-order valence-corrected chi connectivity index (χ1v) is 8.08. The van der Waals surface area contributed by atoms with E-state index in [4.69, 9.17) is 4.74 Å². The number of carbonyl (C=O) groups is 1. The van der Waals surface area contributed by atoms with Crippen molar-refractivity contribution >= 4 is 21.9 Å². The van der Waals surface area contributed by atoms with E-state index in [2.05, 4.69) is 21.0 Å². The van der Waals surface area contributed by atoms with Gasteiger partial charge in [0.15, 0.2) is 0 Å². The second kappa shape index (κ2) is 6.88. The lowest BCUT2D eigenvalue weighted by Crippen LogP contribution is -2.01. The van der Waals surface area contributed by atoms with Crippen LogP contribution < -0.4 is 4.74 Å². The third kappa shape index (κ3) is 3.19. The Morgan fingerprint density at radius 1 is 1.17 bits per heavy atom. The van der Waals surface area contributed by atoms with E-state index < -0.39 is 5.97 Å². The van der Waals surface area contributed by atoms with Gasteiger partial charge in [0, 0.05) is 11.1 Å². The Kier molecular flexibility index (Phi) is 4.66. The Morgan fingerprint density at radius 2 is 1.83 bits per heavy atom. The lowest BCUT2D eigenvalue weighted by atomic mass is 10.1. The summed E-state index contributed by atoms with van der Waals surface area (Å²) in [6.07, 6.45) is -0.116. The standard InChI is InChI=1S/C18H15BrN2O3/c1-24-14-9-7-12(8-10-14)17-15(11-16(22)23)18(19)21(20-17)13-5-3-2-4-6-13/h2-10H,11H2,1H3,(H,22,23). The average molecular weight is 387 g/mol. The monoisotopic (exact) mass is 386 g/mol. The van der Waals surface area contributed by atoms with E-state index in [1.807, 2.05) is 54.6 Å². The van der Waals surface area contributed by atoms with Gasteiger partial charge in [0.1, 0.15) is 10.4 Å². The van der Waals surface area contributed by atoms with Crippen LogP contribution in [0.4, 0.5) is 0 Å². The summed E-state index contributed by atoms with van der Waals surface area (Å²) in [5.74, 6) is -0.168. The fourth-order valence-corrected chi connectivity index (χ4v) is 3.07. The van der Waals surface area contributed by atoms with Crippen LogP contribution in [0.5, 0.6) is 5.75 Å². The molecule has 0 radical (unpaired) electrons. The highest BCUT2D eigenvalue weighted by Crippen LogP contribution is 2.32. The van der Waals surface area contributed by atoms with Gasteiger partial charge < -0.3 is 9.84 Å². The maximum absolute atomic E-state index is 11.3. The molecular formula is C18H15BrN2O3. The molecule has 1 N–H and O–H groups in total. The number of nitrogens with zero attached hydrogens (tertiary/aromatic N) is 2. The molecule has 6 heteroatoms. The molecule has 5 nitrogen and oxygen atoms in total. The number of aromatic nitrogens is 2. The summed E-state index contributed by atoms with van der Waals surface area (Å²) in [4.78, 5) is 11.3. The van der Waals surface area contributed by atoms with E-state index in [0.29, 0.717) is 15.9 Å². The van der Waals surface area contributed by atoms with Crippen LogP contribution in [0.2, 0.25) is 0 Å². The maximum Gasteiger partial charge on any atom is 0.308 e. The van der Waals surface area contributed by atoms with Crippen molar-refractivity contribution in [1.82, 2.24) is 9.78 Å². The fraction of sp³-hybridized carbons (Fsp3) is 0.111. The molecule has 1 aromatic heterocycles. The number of para-hydroxylation sites is 1. The lowest BCUT2D eigenvalue weighted by Gasteiger charge is -2.03. The number of rotatable bonds is 5. The summed E-state index contributed by atoms with van der Waals surface area (Å²) in [5.41, 5.74) is 2.96. The van der Waals surface area contributed by atoms with Crippen molar-refractivity contribution in [1.29, 1.82) is 0 Å². The topological polar surface area (TPSA) is 64.4 Å². The van der Waals surface area contributed by atoms with Gasteiger partial charge in [0.2, 0.25) is 0 Å². The van der Waals surface area contributed by atoms with Gasteiger partial charge in [-0.3, -0.25) is 4.79 Å². The Morgan fingerprint density at radius 3 is 2.42 bits per heavy atom. The molecule has 0 aliphatic heterocycles. The van der Waals surface area contributed by atoms with Crippen molar-refractivity contribution < 1.29 is 14.6 Å². The van der Waals surface area contributed by atoms with Crippen molar-refractivity contribution in [2.75, 3.05) is 7.11 Å². The first-order chi connectivity index (χ1) is 11.6. The number of hydrogen-bond donors (Lipinski definition) is 1. The fourth-order valence-electron chi connectivity index (χ4n) is 2.46. The van der Waals surface area contributed by atoms with Crippen molar-refractivity contribution in [2.45, 2.75) is 6.42 Å². The molecule has 0 saturated heterocycles. The minimum atomic E-state index is -0.905. The molecule has 24 heavy (non-hydrogen) atoms. The van der Waals surface area contributed by atoms with Crippen LogP contribution in [0.1, 0.15) is 5.56 Å². The van der Waals surface area contributed by atoms with Crippen molar-refractivity contribution in [3.8, 4) is 22.7 Å². The van der Waals surface area contributed by atoms with Crippen molar-refractivity contribution in [3.63, 3.8) is 0 Å². The summed E-state index contributed by atoms with van der Waals surface area (Å²) >= 11 is 3.51. The highest BCUT2D eigenvalue weighted by Gasteiger charge is 2.20. The molecule has 0 atom stereocenters.